The van der Waals surface area contributed by atoms with Crippen LogP contribution >= 0.6 is 0 Å². The first-order valence-electron chi connectivity index (χ1n) is 9.31. The van der Waals surface area contributed by atoms with Crippen molar-refractivity contribution < 1.29 is 14.6 Å². The second kappa shape index (κ2) is 9.90. The molecule has 3 rings (SSSR count). The number of carbonyl (C=O) groups excluding carboxylic acids is 1. The highest BCUT2D eigenvalue weighted by Crippen LogP contribution is 2.16. The molecule has 1 aliphatic heterocycles. The molecular weight excluding hydrogens is 340 g/mol. The Morgan fingerprint density at radius 3 is 2.56 bits per heavy atom. The molecular formula is C22H26N2O3. The summed E-state index contributed by atoms with van der Waals surface area (Å²) < 4.78 is 5.84. The first-order valence-corrected chi connectivity index (χ1v) is 9.31. The molecule has 1 amide bonds. The number of amides is 1. The van der Waals surface area contributed by atoms with Crippen molar-refractivity contribution in [3.63, 3.8) is 0 Å². The number of hydrogen-bond donors (Lipinski definition) is 1. The normalized spacial score (nSPS) is 15.2. The number of nitrogens with zero attached hydrogens (tertiary/aromatic N) is 2. The fraction of sp³-hybridized carbons (Fsp3) is 0.318. The Labute approximate surface area is 160 Å². The van der Waals surface area contributed by atoms with E-state index in [1.165, 1.54) is 0 Å². The van der Waals surface area contributed by atoms with E-state index in [2.05, 4.69) is 4.90 Å². The Kier molecular flexibility index (Phi) is 7.02. The van der Waals surface area contributed by atoms with Crippen LogP contribution in [0, 0.1) is 0 Å². The Hall–Kier alpha value is -2.63. The molecule has 1 N–H and O–H groups in total. The summed E-state index contributed by atoms with van der Waals surface area (Å²) in [7, 11) is 0. The van der Waals surface area contributed by atoms with Crippen molar-refractivity contribution in [2.24, 2.45) is 0 Å². The molecule has 1 heterocycles. The minimum absolute atomic E-state index is 0.0225. The lowest BCUT2D eigenvalue weighted by atomic mass is 10.2. The minimum atomic E-state index is 0.0225. The molecule has 1 fully saturated rings. The van der Waals surface area contributed by atoms with Crippen molar-refractivity contribution in [1.29, 1.82) is 0 Å². The number of rotatable bonds is 7. The SMILES string of the molecule is O=C(/C=C/c1cccc(OCc2ccccc2)c1)N1CCN(CCO)CC1. The molecule has 0 aliphatic carbocycles. The highest BCUT2D eigenvalue weighted by Gasteiger charge is 2.18. The summed E-state index contributed by atoms with van der Waals surface area (Å²) in [5.74, 6) is 0.806. The molecule has 0 aromatic heterocycles. The first kappa shape index (κ1) is 19.1. The van der Waals surface area contributed by atoms with Crippen molar-refractivity contribution in [3.05, 3.63) is 71.8 Å². The van der Waals surface area contributed by atoms with Gasteiger partial charge in [-0.1, -0.05) is 42.5 Å². The van der Waals surface area contributed by atoms with Crippen LogP contribution in [0.3, 0.4) is 0 Å². The Balaban J connectivity index is 1.52. The van der Waals surface area contributed by atoms with Gasteiger partial charge in [0.1, 0.15) is 12.4 Å². The van der Waals surface area contributed by atoms with Gasteiger partial charge in [0.2, 0.25) is 5.91 Å². The van der Waals surface area contributed by atoms with Crippen LogP contribution in [0.15, 0.2) is 60.7 Å². The number of hydrogen-bond acceptors (Lipinski definition) is 4. The van der Waals surface area contributed by atoms with Gasteiger partial charge in [0.15, 0.2) is 0 Å². The van der Waals surface area contributed by atoms with Gasteiger partial charge in [-0.3, -0.25) is 9.69 Å². The van der Waals surface area contributed by atoms with Gasteiger partial charge < -0.3 is 14.7 Å². The molecule has 0 spiro atoms. The molecule has 1 saturated heterocycles. The molecule has 0 atom stereocenters. The standard InChI is InChI=1S/C22H26N2O3/c25-16-15-23-11-13-24(14-12-23)22(26)10-9-19-7-4-8-21(17-19)27-18-20-5-2-1-3-6-20/h1-10,17,25H,11-16,18H2/b10-9+. The predicted octanol–water partition coefficient (Wildman–Crippen LogP) is 2.42. The number of piperazine rings is 1. The molecule has 0 radical (unpaired) electrons. The van der Waals surface area contributed by atoms with Crippen molar-refractivity contribution in [2.75, 3.05) is 39.3 Å². The summed E-state index contributed by atoms with van der Waals surface area (Å²) in [4.78, 5) is 16.4. The van der Waals surface area contributed by atoms with E-state index < -0.39 is 0 Å². The van der Waals surface area contributed by atoms with Crippen LogP contribution in [0.5, 0.6) is 5.75 Å². The van der Waals surface area contributed by atoms with Gasteiger partial charge >= 0.3 is 0 Å². The van der Waals surface area contributed by atoms with E-state index in [0.29, 0.717) is 26.2 Å². The topological polar surface area (TPSA) is 53.0 Å². The summed E-state index contributed by atoms with van der Waals surface area (Å²) in [6.07, 6.45) is 3.45. The van der Waals surface area contributed by atoms with E-state index in [1.54, 1.807) is 6.08 Å². The molecule has 2 aromatic carbocycles. The zero-order valence-electron chi connectivity index (χ0n) is 15.5. The maximum Gasteiger partial charge on any atom is 0.246 e. The van der Waals surface area contributed by atoms with Crippen LogP contribution in [0.2, 0.25) is 0 Å². The van der Waals surface area contributed by atoms with E-state index in [1.807, 2.05) is 65.6 Å². The van der Waals surface area contributed by atoms with E-state index >= 15 is 0 Å². The molecule has 5 nitrogen and oxygen atoms in total. The lowest BCUT2D eigenvalue weighted by Crippen LogP contribution is -2.48. The van der Waals surface area contributed by atoms with Gasteiger partial charge in [0.25, 0.3) is 0 Å². The minimum Gasteiger partial charge on any atom is -0.489 e. The van der Waals surface area contributed by atoms with Crippen LogP contribution in [0.25, 0.3) is 6.08 Å². The molecule has 2 aromatic rings. The maximum atomic E-state index is 12.4. The van der Waals surface area contributed by atoms with Crippen molar-refractivity contribution in [3.8, 4) is 5.75 Å². The average molecular weight is 366 g/mol. The van der Waals surface area contributed by atoms with E-state index in [-0.39, 0.29) is 12.5 Å². The number of ether oxygens (including phenoxy) is 1. The summed E-state index contributed by atoms with van der Waals surface area (Å²) >= 11 is 0. The lowest BCUT2D eigenvalue weighted by molar-refractivity contribution is -0.127. The predicted molar refractivity (Wildman–Crippen MR) is 106 cm³/mol. The van der Waals surface area contributed by atoms with Crippen molar-refractivity contribution >= 4 is 12.0 Å². The number of aliphatic hydroxyl groups excluding tert-OH is 1. The lowest BCUT2D eigenvalue weighted by Gasteiger charge is -2.33. The van der Waals surface area contributed by atoms with Gasteiger partial charge in [0, 0.05) is 38.8 Å². The zero-order chi connectivity index (χ0) is 18.9. The summed E-state index contributed by atoms with van der Waals surface area (Å²) in [6, 6.07) is 17.8. The van der Waals surface area contributed by atoms with Crippen LogP contribution in [0.1, 0.15) is 11.1 Å². The first-order chi connectivity index (χ1) is 13.2. The number of benzene rings is 2. The van der Waals surface area contributed by atoms with Gasteiger partial charge in [0.05, 0.1) is 6.61 Å². The second-order valence-electron chi connectivity index (χ2n) is 6.57. The fourth-order valence-corrected chi connectivity index (χ4v) is 3.06. The molecule has 0 bridgehead atoms. The van der Waals surface area contributed by atoms with Gasteiger partial charge in [-0.2, -0.15) is 0 Å². The third kappa shape index (κ3) is 5.94. The molecule has 142 valence electrons. The number of β-amino-alcohol motifs (C(OH)–C–C–N with tert-alkyl or cyclic N) is 1. The molecule has 0 saturated carbocycles. The third-order valence-corrected chi connectivity index (χ3v) is 4.62. The van der Waals surface area contributed by atoms with Gasteiger partial charge in [-0.05, 0) is 29.3 Å². The largest absolute Gasteiger partial charge is 0.489 e. The van der Waals surface area contributed by atoms with E-state index in [4.69, 9.17) is 9.84 Å². The fourth-order valence-electron chi connectivity index (χ4n) is 3.06. The summed E-state index contributed by atoms with van der Waals surface area (Å²) in [5.41, 5.74) is 2.06. The average Bonchev–Trinajstić information content (AvgIpc) is 2.72. The van der Waals surface area contributed by atoms with Crippen LogP contribution in [-0.2, 0) is 11.4 Å². The quantitative estimate of drug-likeness (QED) is 0.765. The Bertz CT molecular complexity index is 753. The second-order valence-corrected chi connectivity index (χ2v) is 6.57. The third-order valence-electron chi connectivity index (χ3n) is 4.62. The number of aliphatic hydroxyl groups is 1. The molecule has 1 aliphatic rings. The Morgan fingerprint density at radius 1 is 1.04 bits per heavy atom. The van der Waals surface area contributed by atoms with Crippen molar-refractivity contribution in [2.45, 2.75) is 6.61 Å². The van der Waals surface area contributed by atoms with Crippen molar-refractivity contribution in [1.82, 2.24) is 9.80 Å². The summed E-state index contributed by atoms with van der Waals surface area (Å²) in [6.45, 7) is 4.37. The van der Waals surface area contributed by atoms with E-state index in [0.717, 1.165) is 30.0 Å². The molecule has 27 heavy (non-hydrogen) atoms. The van der Waals surface area contributed by atoms with Crippen LogP contribution in [-0.4, -0.2) is 60.1 Å². The van der Waals surface area contributed by atoms with Gasteiger partial charge in [-0.15, -0.1) is 0 Å². The number of carbonyl (C=O) groups is 1. The highest BCUT2D eigenvalue weighted by atomic mass is 16.5. The van der Waals surface area contributed by atoms with E-state index in [9.17, 15) is 4.79 Å². The summed E-state index contributed by atoms with van der Waals surface area (Å²) in [5, 5.41) is 8.99. The smallest absolute Gasteiger partial charge is 0.246 e. The molecule has 0 unspecified atom stereocenters. The molecule has 5 heteroatoms. The van der Waals surface area contributed by atoms with Gasteiger partial charge in [-0.25, -0.2) is 0 Å². The Morgan fingerprint density at radius 2 is 1.81 bits per heavy atom. The maximum absolute atomic E-state index is 12.4. The van der Waals surface area contributed by atoms with Crippen LogP contribution in [0.4, 0.5) is 0 Å². The van der Waals surface area contributed by atoms with Crippen LogP contribution < -0.4 is 4.74 Å². The zero-order valence-corrected chi connectivity index (χ0v) is 15.5. The highest BCUT2D eigenvalue weighted by molar-refractivity contribution is 5.91. The monoisotopic (exact) mass is 366 g/mol.